The van der Waals surface area contributed by atoms with E-state index in [1.54, 1.807) is 4.68 Å². The summed E-state index contributed by atoms with van der Waals surface area (Å²) in [6, 6.07) is 8.11. The summed E-state index contributed by atoms with van der Waals surface area (Å²) in [5.41, 5.74) is 7.92. The fourth-order valence-corrected chi connectivity index (χ4v) is 1.51. The zero-order valence-electron chi connectivity index (χ0n) is 9.46. The van der Waals surface area contributed by atoms with E-state index >= 15 is 0 Å². The van der Waals surface area contributed by atoms with E-state index in [1.165, 1.54) is 5.56 Å². The molecule has 0 radical (unpaired) electrons. The number of aromatic nitrogens is 4. The topological polar surface area (TPSA) is 69.6 Å². The van der Waals surface area contributed by atoms with E-state index in [-0.39, 0.29) is 6.04 Å². The van der Waals surface area contributed by atoms with Crippen molar-refractivity contribution in [3.8, 4) is 5.69 Å². The molecular weight excluding hydrogens is 202 g/mol. The maximum absolute atomic E-state index is 5.75. The predicted molar refractivity (Wildman–Crippen MR) is 61.2 cm³/mol. The van der Waals surface area contributed by atoms with Crippen molar-refractivity contribution < 1.29 is 0 Å². The van der Waals surface area contributed by atoms with Crippen molar-refractivity contribution in [2.45, 2.75) is 26.3 Å². The molecule has 0 aliphatic heterocycles. The molecule has 1 unspecified atom stereocenters. The Kier molecular flexibility index (Phi) is 2.96. The molecule has 0 bridgehead atoms. The van der Waals surface area contributed by atoms with Gasteiger partial charge in [0.25, 0.3) is 0 Å². The lowest BCUT2D eigenvalue weighted by Gasteiger charge is -2.06. The van der Waals surface area contributed by atoms with E-state index < -0.39 is 0 Å². The van der Waals surface area contributed by atoms with Crippen LogP contribution in [0.2, 0.25) is 0 Å². The summed E-state index contributed by atoms with van der Waals surface area (Å²) in [4.78, 5) is 0. The SMILES string of the molecule is Cc1ccc(-n2nnnc2CC(C)N)cc1. The molecule has 1 aromatic carbocycles. The number of tetrazole rings is 1. The van der Waals surface area contributed by atoms with Gasteiger partial charge in [0.2, 0.25) is 0 Å². The van der Waals surface area contributed by atoms with Gasteiger partial charge in [-0.3, -0.25) is 0 Å². The van der Waals surface area contributed by atoms with Gasteiger partial charge in [-0.25, -0.2) is 0 Å². The first-order valence-electron chi connectivity index (χ1n) is 5.26. The largest absolute Gasteiger partial charge is 0.328 e. The lowest BCUT2D eigenvalue weighted by atomic mass is 10.2. The molecule has 2 aromatic rings. The number of nitrogens with zero attached hydrogens (tertiary/aromatic N) is 4. The zero-order valence-corrected chi connectivity index (χ0v) is 9.46. The van der Waals surface area contributed by atoms with Gasteiger partial charge in [0.05, 0.1) is 5.69 Å². The molecule has 0 saturated heterocycles. The molecule has 5 nitrogen and oxygen atoms in total. The summed E-state index contributed by atoms with van der Waals surface area (Å²) in [7, 11) is 0. The first-order valence-corrected chi connectivity index (χ1v) is 5.26. The summed E-state index contributed by atoms with van der Waals surface area (Å²) in [5.74, 6) is 0.791. The first kappa shape index (κ1) is 10.8. The van der Waals surface area contributed by atoms with Crippen molar-refractivity contribution in [3.05, 3.63) is 35.7 Å². The highest BCUT2D eigenvalue weighted by Gasteiger charge is 2.09. The normalized spacial score (nSPS) is 12.7. The second kappa shape index (κ2) is 4.40. The van der Waals surface area contributed by atoms with Crippen molar-refractivity contribution in [1.29, 1.82) is 0 Å². The Hall–Kier alpha value is -1.75. The molecule has 1 atom stereocenters. The van der Waals surface area contributed by atoms with Crippen LogP contribution in [-0.4, -0.2) is 26.2 Å². The summed E-state index contributed by atoms with van der Waals surface area (Å²) >= 11 is 0. The van der Waals surface area contributed by atoms with Crippen molar-refractivity contribution in [2.24, 2.45) is 5.73 Å². The Balaban J connectivity index is 2.33. The van der Waals surface area contributed by atoms with Crippen LogP contribution in [-0.2, 0) is 6.42 Å². The number of hydrogen-bond acceptors (Lipinski definition) is 4. The van der Waals surface area contributed by atoms with Crippen LogP contribution in [0.25, 0.3) is 5.69 Å². The average molecular weight is 217 g/mol. The average Bonchev–Trinajstić information content (AvgIpc) is 2.66. The van der Waals surface area contributed by atoms with Gasteiger partial charge in [-0.15, -0.1) is 5.10 Å². The smallest absolute Gasteiger partial charge is 0.158 e. The van der Waals surface area contributed by atoms with Gasteiger partial charge in [-0.1, -0.05) is 17.7 Å². The maximum Gasteiger partial charge on any atom is 0.158 e. The minimum absolute atomic E-state index is 0.0511. The zero-order chi connectivity index (χ0) is 11.5. The Labute approximate surface area is 94.3 Å². The van der Waals surface area contributed by atoms with Gasteiger partial charge in [-0.2, -0.15) is 4.68 Å². The summed E-state index contributed by atoms with van der Waals surface area (Å²) in [6.07, 6.45) is 0.668. The number of rotatable bonds is 3. The van der Waals surface area contributed by atoms with Gasteiger partial charge >= 0.3 is 0 Å². The van der Waals surface area contributed by atoms with Crippen LogP contribution in [0.4, 0.5) is 0 Å². The second-order valence-electron chi connectivity index (χ2n) is 4.02. The molecular formula is C11H15N5. The van der Waals surface area contributed by atoms with E-state index in [9.17, 15) is 0 Å². The third-order valence-electron chi connectivity index (χ3n) is 2.32. The van der Waals surface area contributed by atoms with E-state index in [0.717, 1.165) is 11.5 Å². The van der Waals surface area contributed by atoms with Crippen LogP contribution < -0.4 is 5.73 Å². The molecule has 5 heteroatoms. The van der Waals surface area contributed by atoms with Gasteiger partial charge in [0.15, 0.2) is 5.82 Å². The third kappa shape index (κ3) is 2.25. The van der Waals surface area contributed by atoms with Crippen LogP contribution >= 0.6 is 0 Å². The predicted octanol–water partition coefficient (Wildman–Crippen LogP) is 0.860. The molecule has 0 aliphatic rings. The Bertz CT molecular complexity index is 457. The Morgan fingerprint density at radius 3 is 2.62 bits per heavy atom. The molecule has 0 aliphatic carbocycles. The molecule has 0 saturated carbocycles. The van der Waals surface area contributed by atoms with Crippen LogP contribution in [0.5, 0.6) is 0 Å². The molecule has 1 heterocycles. The van der Waals surface area contributed by atoms with Crippen LogP contribution in [0.3, 0.4) is 0 Å². The molecule has 1 aromatic heterocycles. The van der Waals surface area contributed by atoms with Crippen molar-refractivity contribution in [2.75, 3.05) is 0 Å². The molecule has 0 spiro atoms. The molecule has 2 N–H and O–H groups in total. The molecule has 16 heavy (non-hydrogen) atoms. The highest BCUT2D eigenvalue weighted by Crippen LogP contribution is 2.10. The number of hydrogen-bond donors (Lipinski definition) is 1. The highest BCUT2D eigenvalue weighted by molar-refractivity contribution is 5.33. The van der Waals surface area contributed by atoms with Gasteiger partial charge in [0, 0.05) is 12.5 Å². The van der Waals surface area contributed by atoms with Crippen molar-refractivity contribution in [1.82, 2.24) is 20.2 Å². The van der Waals surface area contributed by atoms with E-state index in [2.05, 4.69) is 15.5 Å². The lowest BCUT2D eigenvalue weighted by Crippen LogP contribution is -2.20. The maximum atomic E-state index is 5.75. The fraction of sp³-hybridized carbons (Fsp3) is 0.364. The summed E-state index contributed by atoms with van der Waals surface area (Å²) in [6.45, 7) is 3.99. The van der Waals surface area contributed by atoms with E-state index in [1.807, 2.05) is 38.1 Å². The number of nitrogens with two attached hydrogens (primary N) is 1. The first-order chi connectivity index (χ1) is 7.66. The summed E-state index contributed by atoms with van der Waals surface area (Å²) in [5, 5.41) is 11.6. The Morgan fingerprint density at radius 2 is 2.00 bits per heavy atom. The highest BCUT2D eigenvalue weighted by atomic mass is 15.5. The minimum atomic E-state index is 0.0511. The molecule has 2 rings (SSSR count). The van der Waals surface area contributed by atoms with Crippen LogP contribution in [0, 0.1) is 6.92 Å². The van der Waals surface area contributed by atoms with Crippen LogP contribution in [0.15, 0.2) is 24.3 Å². The molecule has 0 amide bonds. The van der Waals surface area contributed by atoms with Crippen molar-refractivity contribution >= 4 is 0 Å². The van der Waals surface area contributed by atoms with Crippen molar-refractivity contribution in [3.63, 3.8) is 0 Å². The molecule has 84 valence electrons. The lowest BCUT2D eigenvalue weighted by molar-refractivity contribution is 0.674. The van der Waals surface area contributed by atoms with E-state index in [0.29, 0.717) is 6.42 Å². The standard InChI is InChI=1S/C11H15N5/c1-8-3-5-10(6-4-8)16-11(7-9(2)12)13-14-15-16/h3-6,9H,7,12H2,1-2H3. The fourth-order valence-electron chi connectivity index (χ4n) is 1.51. The molecule has 0 fully saturated rings. The van der Waals surface area contributed by atoms with E-state index in [4.69, 9.17) is 5.73 Å². The third-order valence-corrected chi connectivity index (χ3v) is 2.32. The monoisotopic (exact) mass is 217 g/mol. The van der Waals surface area contributed by atoms with Gasteiger partial charge < -0.3 is 5.73 Å². The number of aryl methyl sites for hydroxylation is 1. The van der Waals surface area contributed by atoms with Gasteiger partial charge in [0.1, 0.15) is 0 Å². The van der Waals surface area contributed by atoms with Gasteiger partial charge in [-0.05, 0) is 36.4 Å². The quantitative estimate of drug-likeness (QED) is 0.827. The Morgan fingerprint density at radius 1 is 1.31 bits per heavy atom. The second-order valence-corrected chi connectivity index (χ2v) is 4.02. The number of benzene rings is 1. The summed E-state index contributed by atoms with van der Waals surface area (Å²) < 4.78 is 1.72. The van der Waals surface area contributed by atoms with Crippen LogP contribution in [0.1, 0.15) is 18.3 Å². The minimum Gasteiger partial charge on any atom is -0.328 e.